The molecule has 1 aliphatic heterocycles. The van der Waals surface area contributed by atoms with Crippen LogP contribution >= 0.6 is 0 Å². The first kappa shape index (κ1) is 19.3. The van der Waals surface area contributed by atoms with Crippen molar-refractivity contribution in [3.05, 3.63) is 59.3 Å². The smallest absolute Gasteiger partial charge is 0.270 e. The molecule has 0 aliphatic carbocycles. The van der Waals surface area contributed by atoms with Crippen LogP contribution in [0.5, 0.6) is 11.5 Å². The molecule has 0 saturated carbocycles. The molecule has 1 N–H and O–H groups in total. The maximum absolute atomic E-state index is 12.9. The number of rotatable bonds is 5. The first-order valence-electron chi connectivity index (χ1n) is 9.89. The van der Waals surface area contributed by atoms with Gasteiger partial charge in [0.1, 0.15) is 17.2 Å². The quantitative estimate of drug-likeness (QED) is 0.721. The van der Waals surface area contributed by atoms with Gasteiger partial charge in [0, 0.05) is 49.2 Å². The Morgan fingerprint density at radius 2 is 1.79 bits per heavy atom. The van der Waals surface area contributed by atoms with Crippen molar-refractivity contribution in [2.45, 2.75) is 13.5 Å². The number of amides is 1. The number of aryl methyl sites for hydroxylation is 1. The van der Waals surface area contributed by atoms with Crippen LogP contribution in [0.4, 0.5) is 0 Å². The molecule has 2 heterocycles. The van der Waals surface area contributed by atoms with Gasteiger partial charge in [-0.15, -0.1) is 0 Å². The number of H-pyrrole nitrogens is 1. The van der Waals surface area contributed by atoms with E-state index in [1.54, 1.807) is 14.2 Å². The fraction of sp³-hybridized carbons (Fsp3) is 0.348. The van der Waals surface area contributed by atoms with Crippen molar-refractivity contribution in [1.82, 2.24) is 14.8 Å². The predicted octanol–water partition coefficient (Wildman–Crippen LogP) is 3.45. The average Bonchev–Trinajstić information content (AvgIpc) is 3.17. The third-order valence-electron chi connectivity index (χ3n) is 5.55. The van der Waals surface area contributed by atoms with Gasteiger partial charge in [0.05, 0.1) is 14.2 Å². The molecule has 0 radical (unpaired) electrons. The zero-order valence-electron chi connectivity index (χ0n) is 17.2. The number of fused-ring (bicyclic) bond motifs is 1. The largest absolute Gasteiger partial charge is 0.497 e. The Bertz CT molecular complexity index is 1020. The molecule has 1 amide bonds. The summed E-state index contributed by atoms with van der Waals surface area (Å²) in [5.74, 6) is 1.75. The zero-order valence-corrected chi connectivity index (χ0v) is 17.2. The molecule has 0 bridgehead atoms. The molecule has 6 nitrogen and oxygen atoms in total. The first-order chi connectivity index (χ1) is 14.1. The lowest BCUT2D eigenvalue weighted by molar-refractivity contribution is 0.0622. The monoisotopic (exact) mass is 393 g/mol. The van der Waals surface area contributed by atoms with Crippen LogP contribution in [0.15, 0.2) is 42.5 Å². The van der Waals surface area contributed by atoms with Crippen molar-refractivity contribution in [1.29, 1.82) is 0 Å². The highest BCUT2D eigenvalue weighted by Crippen LogP contribution is 2.26. The summed E-state index contributed by atoms with van der Waals surface area (Å²) in [7, 11) is 3.35. The van der Waals surface area contributed by atoms with Gasteiger partial charge in [-0.2, -0.15) is 0 Å². The zero-order chi connectivity index (χ0) is 20.4. The van der Waals surface area contributed by atoms with Crippen LogP contribution in [0.3, 0.4) is 0 Å². The Morgan fingerprint density at radius 1 is 1.00 bits per heavy atom. The lowest BCUT2D eigenvalue weighted by Gasteiger charge is -2.34. The molecule has 1 saturated heterocycles. The van der Waals surface area contributed by atoms with Gasteiger partial charge < -0.3 is 19.4 Å². The van der Waals surface area contributed by atoms with Crippen molar-refractivity contribution < 1.29 is 14.3 Å². The van der Waals surface area contributed by atoms with Gasteiger partial charge >= 0.3 is 0 Å². The molecule has 2 aromatic carbocycles. The van der Waals surface area contributed by atoms with E-state index in [4.69, 9.17) is 9.47 Å². The van der Waals surface area contributed by atoms with E-state index in [-0.39, 0.29) is 5.91 Å². The van der Waals surface area contributed by atoms with E-state index in [0.29, 0.717) is 18.8 Å². The fourth-order valence-corrected chi connectivity index (χ4v) is 3.88. The number of nitrogens with one attached hydrogen (secondary N) is 1. The van der Waals surface area contributed by atoms with Gasteiger partial charge in [0.25, 0.3) is 5.91 Å². The van der Waals surface area contributed by atoms with E-state index in [2.05, 4.69) is 35.0 Å². The summed E-state index contributed by atoms with van der Waals surface area (Å²) in [6.07, 6.45) is 0. The molecule has 6 heteroatoms. The van der Waals surface area contributed by atoms with E-state index in [9.17, 15) is 4.79 Å². The molecule has 1 aromatic heterocycles. The molecule has 0 atom stereocenters. The topological polar surface area (TPSA) is 57.8 Å². The minimum absolute atomic E-state index is 0.0671. The summed E-state index contributed by atoms with van der Waals surface area (Å²) < 4.78 is 10.8. The maximum Gasteiger partial charge on any atom is 0.270 e. The minimum Gasteiger partial charge on any atom is -0.497 e. The summed E-state index contributed by atoms with van der Waals surface area (Å²) in [6.45, 7) is 5.89. The molecular formula is C23H27N3O3. The molecule has 3 aromatic rings. The third-order valence-corrected chi connectivity index (χ3v) is 5.55. The van der Waals surface area contributed by atoms with Crippen molar-refractivity contribution in [3.63, 3.8) is 0 Å². The standard InChI is InChI=1S/C23H27N3O3/c1-16-4-5-17-14-21(24-20(17)12-16)23(27)26-10-8-25(9-11-26)15-18-13-19(28-2)6-7-22(18)29-3/h4-7,12-14,24H,8-11,15H2,1-3H3. The molecule has 1 aliphatic rings. The van der Waals surface area contributed by atoms with Crippen LogP contribution in [0.1, 0.15) is 21.6 Å². The lowest BCUT2D eigenvalue weighted by Crippen LogP contribution is -2.48. The summed E-state index contributed by atoms with van der Waals surface area (Å²) in [4.78, 5) is 20.5. The normalized spacial score (nSPS) is 14.9. The molecule has 0 unspecified atom stereocenters. The number of piperazine rings is 1. The molecule has 29 heavy (non-hydrogen) atoms. The Balaban J connectivity index is 1.40. The lowest BCUT2D eigenvalue weighted by atomic mass is 10.1. The summed E-state index contributed by atoms with van der Waals surface area (Å²) in [6, 6.07) is 14.0. The predicted molar refractivity (Wildman–Crippen MR) is 114 cm³/mol. The maximum atomic E-state index is 12.9. The molecule has 152 valence electrons. The van der Waals surface area contributed by atoms with Crippen LogP contribution in [0.25, 0.3) is 10.9 Å². The van der Waals surface area contributed by atoms with E-state index >= 15 is 0 Å². The SMILES string of the molecule is COc1ccc(OC)c(CN2CCN(C(=O)c3cc4ccc(C)cc4[nH]3)CC2)c1. The Hall–Kier alpha value is -2.99. The number of aromatic nitrogens is 1. The van der Waals surface area contributed by atoms with Crippen LogP contribution in [-0.2, 0) is 6.54 Å². The number of carbonyl (C=O) groups excluding carboxylic acids is 1. The van der Waals surface area contributed by atoms with Crippen LogP contribution in [0.2, 0.25) is 0 Å². The van der Waals surface area contributed by atoms with Gasteiger partial charge in [-0.1, -0.05) is 12.1 Å². The number of aromatic amines is 1. The van der Waals surface area contributed by atoms with E-state index in [1.165, 1.54) is 5.56 Å². The number of nitrogens with zero attached hydrogens (tertiary/aromatic N) is 2. The number of methoxy groups -OCH3 is 2. The van der Waals surface area contributed by atoms with Crippen molar-refractivity contribution in [2.24, 2.45) is 0 Å². The van der Waals surface area contributed by atoms with Gasteiger partial charge in [-0.25, -0.2) is 0 Å². The van der Waals surface area contributed by atoms with Gasteiger partial charge in [-0.05, 0) is 42.8 Å². The highest BCUT2D eigenvalue weighted by Gasteiger charge is 2.24. The number of hydrogen-bond acceptors (Lipinski definition) is 4. The second-order valence-electron chi connectivity index (χ2n) is 7.52. The van der Waals surface area contributed by atoms with Gasteiger partial charge in [0.2, 0.25) is 0 Å². The average molecular weight is 393 g/mol. The van der Waals surface area contributed by atoms with Crippen molar-refractivity contribution in [2.75, 3.05) is 40.4 Å². The van der Waals surface area contributed by atoms with Crippen LogP contribution in [-0.4, -0.2) is 61.1 Å². The van der Waals surface area contributed by atoms with Crippen LogP contribution in [0, 0.1) is 6.92 Å². The molecular weight excluding hydrogens is 366 g/mol. The number of hydrogen-bond donors (Lipinski definition) is 1. The summed E-state index contributed by atoms with van der Waals surface area (Å²) >= 11 is 0. The van der Waals surface area contributed by atoms with E-state index < -0.39 is 0 Å². The second kappa shape index (κ2) is 8.17. The second-order valence-corrected chi connectivity index (χ2v) is 7.52. The third kappa shape index (κ3) is 4.07. The van der Waals surface area contributed by atoms with Gasteiger partial charge in [0.15, 0.2) is 0 Å². The van der Waals surface area contributed by atoms with E-state index in [1.807, 2.05) is 29.2 Å². The van der Waals surface area contributed by atoms with Crippen molar-refractivity contribution >= 4 is 16.8 Å². The van der Waals surface area contributed by atoms with Crippen molar-refractivity contribution in [3.8, 4) is 11.5 Å². The number of benzene rings is 2. The first-order valence-corrected chi connectivity index (χ1v) is 9.89. The highest BCUT2D eigenvalue weighted by molar-refractivity contribution is 5.98. The molecule has 0 spiro atoms. The molecule has 1 fully saturated rings. The van der Waals surface area contributed by atoms with Gasteiger partial charge in [-0.3, -0.25) is 9.69 Å². The summed E-state index contributed by atoms with van der Waals surface area (Å²) in [5.41, 5.74) is 3.95. The Morgan fingerprint density at radius 3 is 2.52 bits per heavy atom. The fourth-order valence-electron chi connectivity index (χ4n) is 3.88. The van der Waals surface area contributed by atoms with E-state index in [0.717, 1.165) is 47.6 Å². The minimum atomic E-state index is 0.0671. The number of ether oxygens (including phenoxy) is 2. The highest BCUT2D eigenvalue weighted by atomic mass is 16.5. The number of carbonyl (C=O) groups is 1. The summed E-state index contributed by atoms with van der Waals surface area (Å²) in [5, 5.41) is 1.07. The van der Waals surface area contributed by atoms with Crippen LogP contribution < -0.4 is 9.47 Å². The Kier molecular flexibility index (Phi) is 5.45. The Labute approximate surface area is 171 Å². The molecule has 4 rings (SSSR count).